The number of aryl methyl sites for hydroxylation is 1. The third-order valence-corrected chi connectivity index (χ3v) is 7.32. The average Bonchev–Trinajstić information content (AvgIpc) is 3.53. The summed E-state index contributed by atoms with van der Waals surface area (Å²) in [7, 11) is -3.58. The van der Waals surface area contributed by atoms with E-state index in [4.69, 9.17) is 9.97 Å². The number of anilines is 1. The lowest BCUT2D eigenvalue weighted by atomic mass is 10.1. The highest BCUT2D eigenvalue weighted by Gasteiger charge is 2.34. The number of hydrogen-bond donors (Lipinski definition) is 0. The van der Waals surface area contributed by atoms with Gasteiger partial charge in [0.2, 0.25) is 0 Å². The van der Waals surface area contributed by atoms with E-state index in [2.05, 4.69) is 28.0 Å². The summed E-state index contributed by atoms with van der Waals surface area (Å²) in [5.74, 6) is 3.14. The second-order valence-electron chi connectivity index (χ2n) is 7.96. The van der Waals surface area contributed by atoms with Gasteiger partial charge in [-0.15, -0.1) is 4.40 Å². The molecule has 29 heavy (non-hydrogen) atoms. The van der Waals surface area contributed by atoms with Crippen molar-refractivity contribution in [3.05, 3.63) is 46.9 Å². The molecule has 1 saturated heterocycles. The second kappa shape index (κ2) is 6.79. The lowest BCUT2D eigenvalue weighted by Gasteiger charge is -2.37. The van der Waals surface area contributed by atoms with E-state index in [-0.39, 0.29) is 0 Å². The first kappa shape index (κ1) is 18.5. The molecule has 1 aromatic carbocycles. The van der Waals surface area contributed by atoms with E-state index in [1.54, 1.807) is 12.1 Å². The van der Waals surface area contributed by atoms with E-state index in [1.807, 2.05) is 12.1 Å². The van der Waals surface area contributed by atoms with Crippen LogP contribution in [0.2, 0.25) is 0 Å². The van der Waals surface area contributed by atoms with E-state index in [9.17, 15) is 8.42 Å². The molecule has 1 aromatic heterocycles. The zero-order chi connectivity index (χ0) is 20.2. The number of sulfonamides is 1. The summed E-state index contributed by atoms with van der Waals surface area (Å²) < 4.78 is 28.8. The Labute approximate surface area is 171 Å². The van der Waals surface area contributed by atoms with Gasteiger partial charge in [-0.1, -0.05) is 19.1 Å². The molecule has 1 saturated carbocycles. The maximum Gasteiger partial charge on any atom is 0.285 e. The third-order valence-electron chi connectivity index (χ3n) is 6.00. The molecule has 0 N–H and O–H groups in total. The molecule has 3 heterocycles. The van der Waals surface area contributed by atoms with Crippen molar-refractivity contribution in [2.75, 3.05) is 31.1 Å². The largest absolute Gasteiger partial charge is 0.353 e. The Balaban J connectivity index is 1.39. The van der Waals surface area contributed by atoms with Gasteiger partial charge in [-0.2, -0.15) is 8.42 Å². The van der Waals surface area contributed by atoms with Crippen LogP contribution in [0.1, 0.15) is 48.3 Å². The average molecular weight is 412 g/mol. The van der Waals surface area contributed by atoms with Crippen LogP contribution < -0.4 is 4.90 Å². The summed E-state index contributed by atoms with van der Waals surface area (Å²) in [6.45, 7) is 7.24. The summed E-state index contributed by atoms with van der Waals surface area (Å²) in [6, 6.07) is 7.08. The number of benzene rings is 1. The monoisotopic (exact) mass is 411 g/mol. The van der Waals surface area contributed by atoms with E-state index in [0.717, 1.165) is 36.8 Å². The van der Waals surface area contributed by atoms with Gasteiger partial charge in [0.05, 0.1) is 0 Å². The molecule has 2 fully saturated rings. The van der Waals surface area contributed by atoms with Gasteiger partial charge in [0.15, 0.2) is 5.84 Å². The van der Waals surface area contributed by atoms with Gasteiger partial charge in [-0.3, -0.25) is 0 Å². The van der Waals surface area contributed by atoms with Crippen molar-refractivity contribution in [3.8, 4) is 0 Å². The molecule has 0 radical (unpaired) electrons. The minimum Gasteiger partial charge on any atom is -0.353 e. The third kappa shape index (κ3) is 3.19. The van der Waals surface area contributed by atoms with Gasteiger partial charge in [-0.25, -0.2) is 9.97 Å². The zero-order valence-corrected chi connectivity index (χ0v) is 17.6. The molecule has 152 valence electrons. The SMILES string of the molecule is CCc1c(C)nc(C2CC2)nc1N1CCN(C2=NS(=O)(=O)c3ccccc32)CC1. The van der Waals surface area contributed by atoms with Crippen LogP contribution in [-0.2, 0) is 16.4 Å². The number of rotatable bonds is 3. The van der Waals surface area contributed by atoms with Crippen LogP contribution in [0.4, 0.5) is 5.82 Å². The van der Waals surface area contributed by atoms with Crippen molar-refractivity contribution in [1.82, 2.24) is 14.9 Å². The number of amidine groups is 1. The minimum absolute atomic E-state index is 0.311. The first-order chi connectivity index (χ1) is 14.0. The fourth-order valence-electron chi connectivity index (χ4n) is 4.25. The minimum atomic E-state index is -3.58. The highest BCUT2D eigenvalue weighted by Crippen LogP contribution is 2.39. The Hall–Kier alpha value is -2.48. The smallest absolute Gasteiger partial charge is 0.285 e. The Kier molecular flexibility index (Phi) is 4.34. The van der Waals surface area contributed by atoms with Crippen LogP contribution in [0.5, 0.6) is 0 Å². The molecule has 8 heteroatoms. The lowest BCUT2D eigenvalue weighted by Crippen LogP contribution is -2.49. The Morgan fingerprint density at radius 1 is 1.03 bits per heavy atom. The second-order valence-corrected chi connectivity index (χ2v) is 9.53. The van der Waals surface area contributed by atoms with E-state index in [0.29, 0.717) is 35.3 Å². The standard InChI is InChI=1S/C21H25N5O2S/c1-3-16-14(2)22-19(15-8-9-15)23-20(16)25-10-12-26(13-11-25)21-17-6-4-5-7-18(17)29(27,28)24-21/h4-7,15H,3,8-13H2,1-2H3. The summed E-state index contributed by atoms with van der Waals surface area (Å²) >= 11 is 0. The van der Waals surface area contributed by atoms with Crippen LogP contribution in [0, 0.1) is 6.92 Å². The number of hydrogen-bond acceptors (Lipinski definition) is 6. The number of fused-ring (bicyclic) bond motifs is 1. The molecule has 2 aliphatic heterocycles. The number of nitrogens with zero attached hydrogens (tertiary/aromatic N) is 5. The van der Waals surface area contributed by atoms with Gasteiger partial charge in [0.1, 0.15) is 16.5 Å². The maximum atomic E-state index is 12.4. The van der Waals surface area contributed by atoms with Crippen LogP contribution in [0.25, 0.3) is 0 Å². The fourth-order valence-corrected chi connectivity index (χ4v) is 5.48. The summed E-state index contributed by atoms with van der Waals surface area (Å²) in [4.78, 5) is 14.4. The van der Waals surface area contributed by atoms with Gasteiger partial charge in [0, 0.05) is 48.9 Å². The van der Waals surface area contributed by atoms with Crippen LogP contribution in [0.15, 0.2) is 33.6 Å². The Morgan fingerprint density at radius 2 is 1.72 bits per heavy atom. The number of piperazine rings is 1. The highest BCUT2D eigenvalue weighted by molar-refractivity contribution is 7.90. The molecule has 0 spiro atoms. The Morgan fingerprint density at radius 3 is 2.41 bits per heavy atom. The number of aromatic nitrogens is 2. The van der Waals surface area contributed by atoms with E-state index >= 15 is 0 Å². The summed E-state index contributed by atoms with van der Waals surface area (Å²) in [5.41, 5.74) is 3.01. The maximum absolute atomic E-state index is 12.4. The van der Waals surface area contributed by atoms with Crippen molar-refractivity contribution in [2.45, 2.75) is 43.9 Å². The van der Waals surface area contributed by atoms with Gasteiger partial charge in [0.25, 0.3) is 10.0 Å². The van der Waals surface area contributed by atoms with E-state index < -0.39 is 10.0 Å². The molecule has 5 rings (SSSR count). The van der Waals surface area contributed by atoms with Crippen LogP contribution in [-0.4, -0.2) is 55.3 Å². The van der Waals surface area contributed by atoms with Gasteiger partial charge in [-0.05, 0) is 38.3 Å². The van der Waals surface area contributed by atoms with Gasteiger partial charge >= 0.3 is 0 Å². The van der Waals surface area contributed by atoms with Crippen molar-refractivity contribution in [1.29, 1.82) is 0 Å². The molecule has 0 unspecified atom stereocenters. The molecule has 3 aliphatic rings. The molecule has 0 bridgehead atoms. The highest BCUT2D eigenvalue weighted by atomic mass is 32.2. The lowest BCUT2D eigenvalue weighted by molar-refractivity contribution is 0.385. The zero-order valence-electron chi connectivity index (χ0n) is 16.8. The molecular weight excluding hydrogens is 386 g/mol. The van der Waals surface area contributed by atoms with Crippen molar-refractivity contribution in [2.24, 2.45) is 4.40 Å². The van der Waals surface area contributed by atoms with Crippen LogP contribution >= 0.6 is 0 Å². The predicted molar refractivity (Wildman–Crippen MR) is 112 cm³/mol. The fraction of sp³-hybridized carbons (Fsp3) is 0.476. The predicted octanol–water partition coefficient (Wildman–Crippen LogP) is 2.50. The van der Waals surface area contributed by atoms with Crippen molar-refractivity contribution < 1.29 is 8.42 Å². The molecule has 0 atom stereocenters. The first-order valence-corrected chi connectivity index (χ1v) is 11.7. The summed E-state index contributed by atoms with van der Waals surface area (Å²) in [6.07, 6.45) is 3.28. The van der Waals surface area contributed by atoms with Crippen molar-refractivity contribution in [3.63, 3.8) is 0 Å². The Bertz CT molecular complexity index is 1100. The quantitative estimate of drug-likeness (QED) is 0.772. The topological polar surface area (TPSA) is 78.8 Å². The molecular formula is C21H25N5O2S. The normalized spacial score (nSPS) is 20.6. The molecule has 0 amide bonds. The van der Waals surface area contributed by atoms with Crippen LogP contribution in [0.3, 0.4) is 0 Å². The molecule has 1 aliphatic carbocycles. The summed E-state index contributed by atoms with van der Waals surface area (Å²) in [5, 5.41) is 0. The molecule has 7 nitrogen and oxygen atoms in total. The van der Waals surface area contributed by atoms with E-state index in [1.165, 1.54) is 18.4 Å². The van der Waals surface area contributed by atoms with Crippen molar-refractivity contribution >= 4 is 21.7 Å². The first-order valence-electron chi connectivity index (χ1n) is 10.3. The van der Waals surface area contributed by atoms with Gasteiger partial charge < -0.3 is 9.80 Å². The molecule has 2 aromatic rings.